The van der Waals surface area contributed by atoms with Crippen LogP contribution in [0.3, 0.4) is 0 Å². The molecule has 0 fully saturated rings. The van der Waals surface area contributed by atoms with Gasteiger partial charge in [-0.15, -0.1) is 0 Å². The maximum Gasteiger partial charge on any atom is 0.323 e. The van der Waals surface area contributed by atoms with Crippen molar-refractivity contribution in [2.75, 3.05) is 23.7 Å². The lowest BCUT2D eigenvalue weighted by Gasteiger charge is -2.26. The Balaban J connectivity index is 1.33. The van der Waals surface area contributed by atoms with Gasteiger partial charge in [-0.2, -0.15) is 9.36 Å². The number of amides is 3. The maximum absolute atomic E-state index is 13.7. The lowest BCUT2D eigenvalue weighted by atomic mass is 9.88. The fraction of sp³-hybridized carbons (Fsp3) is 0.182. The molecule has 0 unspecified atom stereocenters. The van der Waals surface area contributed by atoms with Crippen LogP contribution in [0.4, 0.5) is 24.4 Å². The largest absolute Gasteiger partial charge is 0.326 e. The van der Waals surface area contributed by atoms with Gasteiger partial charge in [0.15, 0.2) is 5.82 Å². The van der Waals surface area contributed by atoms with Gasteiger partial charge in [0.25, 0.3) is 0 Å². The van der Waals surface area contributed by atoms with E-state index in [1.165, 1.54) is 31.2 Å². The third kappa shape index (κ3) is 8.29. The van der Waals surface area contributed by atoms with Gasteiger partial charge in [-0.3, -0.25) is 15.1 Å². The first-order valence-electron chi connectivity index (χ1n) is 14.0. The van der Waals surface area contributed by atoms with E-state index in [0.29, 0.717) is 42.6 Å². The Morgan fingerprint density at radius 3 is 2.09 bits per heavy atom. The van der Waals surface area contributed by atoms with Gasteiger partial charge in [-0.1, -0.05) is 30.3 Å². The number of nitrogens with zero attached hydrogens (tertiary/aromatic N) is 4. The third-order valence-electron chi connectivity index (χ3n) is 6.99. The van der Waals surface area contributed by atoms with Crippen molar-refractivity contribution in [3.8, 4) is 11.4 Å². The molecule has 5 rings (SSSR count). The van der Waals surface area contributed by atoms with Crippen molar-refractivity contribution >= 4 is 34.3 Å². The minimum Gasteiger partial charge on any atom is -0.326 e. The summed E-state index contributed by atoms with van der Waals surface area (Å²) in [6.07, 6.45) is 2.76. The molecule has 0 aliphatic heterocycles. The number of hydrogen-bond donors (Lipinski definition) is 2. The zero-order valence-electron chi connectivity index (χ0n) is 23.9. The Hall–Kier alpha value is -5.03. The van der Waals surface area contributed by atoms with Crippen LogP contribution in [0, 0.1) is 11.6 Å². The van der Waals surface area contributed by atoms with E-state index < -0.39 is 0 Å². The van der Waals surface area contributed by atoms with Crippen LogP contribution in [0.15, 0.2) is 97.2 Å². The summed E-state index contributed by atoms with van der Waals surface area (Å²) in [5.41, 5.74) is 3.97. The summed E-state index contributed by atoms with van der Waals surface area (Å²) in [6, 6.07) is 24.9. The Labute approximate surface area is 258 Å². The molecule has 0 saturated heterocycles. The number of carbonyl (C=O) groups is 2. The van der Waals surface area contributed by atoms with Gasteiger partial charge in [0, 0.05) is 67.0 Å². The molecular weight excluding hydrogens is 582 g/mol. The molecule has 0 spiro atoms. The monoisotopic (exact) mass is 612 g/mol. The second-order valence-corrected chi connectivity index (χ2v) is 10.9. The van der Waals surface area contributed by atoms with E-state index in [0.717, 1.165) is 33.9 Å². The Morgan fingerprint density at radius 1 is 0.841 bits per heavy atom. The van der Waals surface area contributed by atoms with Crippen molar-refractivity contribution < 1.29 is 18.4 Å². The number of carbonyl (C=O) groups excluding carboxylic acids is 2. The highest BCUT2D eigenvalue weighted by molar-refractivity contribution is 7.10. The number of hydrogen-bond acceptors (Lipinski definition) is 6. The van der Waals surface area contributed by atoms with Crippen LogP contribution in [0.1, 0.15) is 36.1 Å². The topological polar surface area (TPSA) is 100 Å². The summed E-state index contributed by atoms with van der Waals surface area (Å²) < 4.78 is 31.8. The van der Waals surface area contributed by atoms with Crippen LogP contribution in [-0.4, -0.2) is 44.3 Å². The predicted octanol–water partition coefficient (Wildman–Crippen LogP) is 7.14. The van der Waals surface area contributed by atoms with Gasteiger partial charge in [0.1, 0.15) is 11.6 Å². The molecule has 2 heterocycles. The number of halogens is 2. The number of urea groups is 1. The Bertz CT molecular complexity index is 1640. The zero-order valence-corrected chi connectivity index (χ0v) is 24.7. The van der Waals surface area contributed by atoms with Gasteiger partial charge in [-0.25, -0.2) is 13.6 Å². The molecule has 0 saturated carbocycles. The Morgan fingerprint density at radius 2 is 1.50 bits per heavy atom. The maximum atomic E-state index is 13.7. The molecule has 3 aromatic carbocycles. The molecule has 44 heavy (non-hydrogen) atoms. The highest BCUT2D eigenvalue weighted by Gasteiger charge is 2.21. The van der Waals surface area contributed by atoms with Gasteiger partial charge < -0.3 is 10.2 Å². The van der Waals surface area contributed by atoms with Crippen molar-refractivity contribution in [3.63, 3.8) is 0 Å². The second-order valence-electron chi connectivity index (χ2n) is 10.1. The highest BCUT2D eigenvalue weighted by atomic mass is 32.1. The summed E-state index contributed by atoms with van der Waals surface area (Å²) in [5.74, 6) is -0.600. The summed E-state index contributed by atoms with van der Waals surface area (Å²) in [7, 11) is 0. The minimum atomic E-state index is -0.346. The van der Waals surface area contributed by atoms with Crippen LogP contribution in [0.25, 0.3) is 11.4 Å². The van der Waals surface area contributed by atoms with Crippen LogP contribution in [-0.2, 0) is 11.2 Å². The van der Waals surface area contributed by atoms with Gasteiger partial charge >= 0.3 is 6.03 Å². The van der Waals surface area contributed by atoms with E-state index in [1.807, 2.05) is 18.2 Å². The van der Waals surface area contributed by atoms with Crippen molar-refractivity contribution in [2.45, 2.75) is 25.7 Å². The molecule has 2 aromatic heterocycles. The van der Waals surface area contributed by atoms with E-state index >= 15 is 0 Å². The average Bonchev–Trinajstić information content (AvgIpc) is 3.49. The molecular formula is C33H30F2N6O2S. The molecule has 3 amide bonds. The number of nitrogens with one attached hydrogen (secondary N) is 2. The normalized spacial score (nSPS) is 10.9. The van der Waals surface area contributed by atoms with E-state index in [9.17, 15) is 18.4 Å². The molecule has 0 aliphatic rings. The number of pyridine rings is 1. The second kappa shape index (κ2) is 14.4. The molecule has 5 aromatic rings. The lowest BCUT2D eigenvalue weighted by Crippen LogP contribution is -2.38. The molecule has 0 atom stereocenters. The van der Waals surface area contributed by atoms with E-state index in [4.69, 9.17) is 0 Å². The summed E-state index contributed by atoms with van der Waals surface area (Å²) >= 11 is 1.07. The van der Waals surface area contributed by atoms with Crippen molar-refractivity contribution in [2.24, 2.45) is 0 Å². The molecule has 224 valence electrons. The quantitative estimate of drug-likeness (QED) is 0.165. The van der Waals surface area contributed by atoms with Gasteiger partial charge in [0.2, 0.25) is 11.0 Å². The molecule has 0 bridgehead atoms. The van der Waals surface area contributed by atoms with E-state index in [2.05, 4.69) is 25.0 Å². The zero-order chi connectivity index (χ0) is 30.9. The Kier molecular flexibility index (Phi) is 9.98. The molecule has 2 N–H and O–H groups in total. The molecule has 0 aliphatic carbocycles. The summed E-state index contributed by atoms with van der Waals surface area (Å²) in [6.45, 7) is 2.18. The number of rotatable bonds is 11. The smallest absolute Gasteiger partial charge is 0.323 e. The third-order valence-corrected chi connectivity index (χ3v) is 7.62. The van der Waals surface area contributed by atoms with Crippen LogP contribution in [0.5, 0.6) is 0 Å². The fourth-order valence-electron chi connectivity index (χ4n) is 4.78. The lowest BCUT2D eigenvalue weighted by molar-refractivity contribution is -0.114. The molecule has 8 nitrogen and oxygen atoms in total. The van der Waals surface area contributed by atoms with Gasteiger partial charge in [0.05, 0.1) is 0 Å². The average molecular weight is 613 g/mol. The standard InChI is InChI=1S/C33H30F2N6O2S/c1-22(42)37-29-15-9-25(10-16-29)31-38-32(44-40-31)39-33(43)41(20-17-28-4-2-3-19-36-28)21-18-30(23-5-11-26(34)12-6-23)24-7-13-27(35)14-8-24/h2-16,19,30H,17-18,20-21H2,1H3,(H,37,42)(H,38,39,40,43). The summed E-state index contributed by atoms with van der Waals surface area (Å²) in [5, 5.41) is 5.94. The van der Waals surface area contributed by atoms with Crippen molar-refractivity contribution in [1.82, 2.24) is 19.2 Å². The first-order chi connectivity index (χ1) is 21.3. The van der Waals surface area contributed by atoms with E-state index in [-0.39, 0.29) is 29.5 Å². The van der Waals surface area contributed by atoms with Crippen LogP contribution >= 0.6 is 11.5 Å². The predicted molar refractivity (Wildman–Crippen MR) is 167 cm³/mol. The van der Waals surface area contributed by atoms with E-state index in [1.54, 1.807) is 59.6 Å². The van der Waals surface area contributed by atoms with Crippen LogP contribution in [0.2, 0.25) is 0 Å². The minimum absolute atomic E-state index is 0.163. The summed E-state index contributed by atoms with van der Waals surface area (Å²) in [4.78, 5) is 35.5. The fourth-order valence-corrected chi connectivity index (χ4v) is 5.36. The number of benzene rings is 3. The van der Waals surface area contributed by atoms with Crippen molar-refractivity contribution in [1.29, 1.82) is 0 Å². The molecule has 11 heteroatoms. The number of aromatic nitrogens is 3. The molecule has 0 radical (unpaired) electrons. The first kappa shape index (κ1) is 30.4. The van der Waals surface area contributed by atoms with Crippen molar-refractivity contribution in [3.05, 3.63) is 126 Å². The first-order valence-corrected chi connectivity index (χ1v) is 14.8. The van der Waals surface area contributed by atoms with Gasteiger partial charge in [-0.05, 0) is 78.2 Å². The van der Waals surface area contributed by atoms with Crippen LogP contribution < -0.4 is 10.6 Å². The SMILES string of the molecule is CC(=O)Nc1ccc(-c2nsc(NC(=O)N(CCc3ccccn3)CCC(c3ccc(F)cc3)c3ccc(F)cc3)n2)cc1. The number of anilines is 2. The highest BCUT2D eigenvalue weighted by Crippen LogP contribution is 2.29.